The van der Waals surface area contributed by atoms with Crippen LogP contribution >= 0.6 is 0 Å². The Hall–Kier alpha value is -0.690. The summed E-state index contributed by atoms with van der Waals surface area (Å²) in [6.45, 7) is 0.553. The van der Waals surface area contributed by atoms with Gasteiger partial charge in [0.15, 0.2) is 0 Å². The number of hydrogen-bond donors (Lipinski definition) is 3. The third-order valence-corrected chi connectivity index (χ3v) is 2.44. The maximum Gasteiger partial charge on any atom is 0.321 e. The third-order valence-electron chi connectivity index (χ3n) is 2.44. The lowest BCUT2D eigenvalue weighted by Gasteiger charge is -2.27. The highest BCUT2D eigenvalue weighted by Crippen LogP contribution is 2.13. The van der Waals surface area contributed by atoms with Crippen LogP contribution in [0.2, 0.25) is 0 Å². The summed E-state index contributed by atoms with van der Waals surface area (Å²) in [5.74, 6) is -0.918. The summed E-state index contributed by atoms with van der Waals surface area (Å²) in [6.07, 6.45) is 1.22. The number of aliphatic hydroxyl groups is 2. The fraction of sp³-hybridized carbons (Fsp3) is 0.875. The first kappa shape index (κ1) is 11.4. The molecular formula is C8H16N2O4. The van der Waals surface area contributed by atoms with E-state index >= 15 is 0 Å². The molecule has 0 aromatic carbocycles. The molecule has 6 nitrogen and oxygen atoms in total. The van der Waals surface area contributed by atoms with Crippen molar-refractivity contribution in [2.75, 3.05) is 26.7 Å². The fourth-order valence-corrected chi connectivity index (χ4v) is 1.66. The highest BCUT2D eigenvalue weighted by molar-refractivity contribution is 5.73. The van der Waals surface area contributed by atoms with Gasteiger partial charge in [0.05, 0.1) is 20.1 Å². The molecule has 6 heteroatoms. The van der Waals surface area contributed by atoms with Crippen LogP contribution < -0.4 is 0 Å². The summed E-state index contributed by atoms with van der Waals surface area (Å²) < 4.78 is 0. The van der Waals surface area contributed by atoms with Crippen LogP contribution in [0.15, 0.2) is 0 Å². The molecule has 1 atom stereocenters. The number of carboxylic acids is 1. The van der Waals surface area contributed by atoms with Crippen LogP contribution in [0.4, 0.5) is 0 Å². The minimum absolute atomic E-state index is 0.108. The molecule has 0 aliphatic carbocycles. The maximum absolute atomic E-state index is 10.8. The number of nitrogens with zero attached hydrogens (tertiary/aromatic N) is 2. The first-order valence-electron chi connectivity index (χ1n) is 4.60. The zero-order valence-corrected chi connectivity index (χ0v) is 7.96. The Morgan fingerprint density at radius 1 is 1.36 bits per heavy atom. The molecule has 0 spiro atoms. The number of hydrogen-bond acceptors (Lipinski definition) is 5. The Labute approximate surface area is 82.4 Å². The molecule has 0 amide bonds. The molecule has 1 aliphatic rings. The van der Waals surface area contributed by atoms with Gasteiger partial charge < -0.3 is 15.3 Å². The second kappa shape index (κ2) is 5.26. The van der Waals surface area contributed by atoms with Gasteiger partial charge in [0, 0.05) is 6.54 Å². The Bertz CT molecular complexity index is 200. The summed E-state index contributed by atoms with van der Waals surface area (Å²) in [7, 11) is 0. The van der Waals surface area contributed by atoms with E-state index in [1.54, 1.807) is 4.90 Å². The zero-order valence-electron chi connectivity index (χ0n) is 7.96. The molecule has 1 fully saturated rings. The average molecular weight is 204 g/mol. The molecule has 14 heavy (non-hydrogen) atoms. The predicted molar refractivity (Wildman–Crippen MR) is 48.2 cm³/mol. The highest BCUT2D eigenvalue weighted by Gasteiger charge is 2.28. The number of aliphatic carboxylic acids is 1. The molecule has 82 valence electrons. The third kappa shape index (κ3) is 2.65. The molecule has 1 aliphatic heterocycles. The van der Waals surface area contributed by atoms with E-state index in [2.05, 4.69) is 0 Å². The van der Waals surface area contributed by atoms with E-state index in [4.69, 9.17) is 15.3 Å². The maximum atomic E-state index is 10.8. The van der Waals surface area contributed by atoms with Crippen LogP contribution in [0.3, 0.4) is 0 Å². The average Bonchev–Trinajstić information content (AvgIpc) is 2.38. The highest BCUT2D eigenvalue weighted by atomic mass is 16.4. The van der Waals surface area contributed by atoms with E-state index in [0.29, 0.717) is 26.1 Å². The van der Waals surface area contributed by atoms with Crippen LogP contribution in [0.1, 0.15) is 12.8 Å². The molecule has 0 bridgehead atoms. The van der Waals surface area contributed by atoms with Gasteiger partial charge in [0.2, 0.25) is 0 Å². The quantitative estimate of drug-likeness (QED) is 0.529. The lowest BCUT2D eigenvalue weighted by atomic mass is 10.1. The second-order valence-corrected chi connectivity index (χ2v) is 3.40. The van der Waals surface area contributed by atoms with Gasteiger partial charge >= 0.3 is 5.97 Å². The van der Waals surface area contributed by atoms with E-state index in [1.807, 2.05) is 0 Å². The minimum Gasteiger partial charge on any atom is -0.480 e. The first-order valence-corrected chi connectivity index (χ1v) is 4.60. The second-order valence-electron chi connectivity index (χ2n) is 3.40. The summed E-state index contributed by atoms with van der Waals surface area (Å²) in [6, 6.07) is -0.642. The molecule has 0 aromatic heterocycles. The van der Waals surface area contributed by atoms with E-state index in [-0.39, 0.29) is 13.5 Å². The van der Waals surface area contributed by atoms with Crippen molar-refractivity contribution in [2.45, 2.75) is 18.9 Å². The van der Waals surface area contributed by atoms with Gasteiger partial charge in [-0.3, -0.25) is 14.6 Å². The van der Waals surface area contributed by atoms with E-state index in [0.717, 1.165) is 0 Å². The summed E-state index contributed by atoms with van der Waals surface area (Å²) in [5, 5.41) is 26.8. The topological polar surface area (TPSA) is 84.2 Å². The van der Waals surface area contributed by atoms with Crippen LogP contribution in [-0.2, 0) is 4.79 Å². The summed E-state index contributed by atoms with van der Waals surface area (Å²) >= 11 is 0. The normalized spacial score (nSPS) is 26.0. The lowest BCUT2D eigenvalue weighted by Crippen LogP contribution is -2.45. The van der Waals surface area contributed by atoms with Gasteiger partial charge in [-0.1, -0.05) is 0 Å². The van der Waals surface area contributed by atoms with Crippen LogP contribution in [0.5, 0.6) is 0 Å². The molecule has 0 saturated carbocycles. The van der Waals surface area contributed by atoms with E-state index < -0.39 is 12.0 Å². The van der Waals surface area contributed by atoms with Gasteiger partial charge in [0.25, 0.3) is 0 Å². The van der Waals surface area contributed by atoms with E-state index in [1.165, 1.54) is 4.90 Å². The van der Waals surface area contributed by atoms with Crippen LogP contribution in [-0.4, -0.2) is 63.8 Å². The molecule has 0 radical (unpaired) electrons. The molecule has 1 rings (SSSR count). The van der Waals surface area contributed by atoms with E-state index in [9.17, 15) is 4.79 Å². The SMILES string of the molecule is O=C(O)[C@@H]1CCCN(CO)CN1CO. The van der Waals surface area contributed by atoms with Crippen molar-refractivity contribution in [1.82, 2.24) is 9.80 Å². The van der Waals surface area contributed by atoms with Crippen molar-refractivity contribution in [1.29, 1.82) is 0 Å². The van der Waals surface area contributed by atoms with Gasteiger partial charge in [0.1, 0.15) is 6.04 Å². The van der Waals surface area contributed by atoms with Gasteiger partial charge in [-0.2, -0.15) is 0 Å². The smallest absolute Gasteiger partial charge is 0.321 e. The Balaban J connectivity index is 2.64. The molecule has 3 N–H and O–H groups in total. The largest absolute Gasteiger partial charge is 0.480 e. The van der Waals surface area contributed by atoms with Crippen molar-refractivity contribution < 1.29 is 20.1 Å². The summed E-state index contributed by atoms with van der Waals surface area (Å²) in [4.78, 5) is 14.0. The minimum atomic E-state index is -0.918. The fourth-order valence-electron chi connectivity index (χ4n) is 1.66. The van der Waals surface area contributed by atoms with Gasteiger partial charge in [-0.15, -0.1) is 0 Å². The molecule has 1 saturated heterocycles. The van der Waals surface area contributed by atoms with Crippen molar-refractivity contribution in [3.05, 3.63) is 0 Å². The van der Waals surface area contributed by atoms with Crippen LogP contribution in [0, 0.1) is 0 Å². The molecule has 1 heterocycles. The van der Waals surface area contributed by atoms with Crippen molar-refractivity contribution in [2.24, 2.45) is 0 Å². The Morgan fingerprint density at radius 3 is 2.57 bits per heavy atom. The number of rotatable bonds is 3. The number of carboxylic acid groups (broad SMARTS) is 1. The monoisotopic (exact) mass is 204 g/mol. The standard InChI is InChI=1S/C8H16N2O4/c11-5-9-3-1-2-7(8(13)14)10(4-9)6-12/h7,11-12H,1-6H2,(H,13,14)/t7-/m0/s1. The number of carbonyl (C=O) groups is 1. The number of aliphatic hydroxyl groups excluding tert-OH is 2. The lowest BCUT2D eigenvalue weighted by molar-refractivity contribution is -0.146. The van der Waals surface area contributed by atoms with Crippen molar-refractivity contribution in [3.63, 3.8) is 0 Å². The van der Waals surface area contributed by atoms with Gasteiger partial charge in [-0.25, -0.2) is 0 Å². The van der Waals surface area contributed by atoms with Crippen molar-refractivity contribution in [3.8, 4) is 0 Å². The zero-order chi connectivity index (χ0) is 10.6. The van der Waals surface area contributed by atoms with Crippen LogP contribution in [0.25, 0.3) is 0 Å². The molecular weight excluding hydrogens is 188 g/mol. The van der Waals surface area contributed by atoms with Gasteiger partial charge in [-0.05, 0) is 12.8 Å². The predicted octanol–water partition coefficient (Wildman–Crippen LogP) is -1.31. The Morgan fingerprint density at radius 2 is 2.07 bits per heavy atom. The molecule has 0 unspecified atom stereocenters. The van der Waals surface area contributed by atoms with Crippen molar-refractivity contribution >= 4 is 5.97 Å². The first-order chi connectivity index (χ1) is 6.69. The summed E-state index contributed by atoms with van der Waals surface area (Å²) in [5.41, 5.74) is 0. The molecule has 0 aromatic rings. The Kier molecular flexibility index (Phi) is 4.27.